The van der Waals surface area contributed by atoms with Crippen LogP contribution in [0.3, 0.4) is 0 Å². The fourth-order valence-electron chi connectivity index (χ4n) is 1.19. The minimum Gasteiger partial charge on any atom is -0.481 e. The second kappa shape index (κ2) is 5.24. The first kappa shape index (κ1) is 12.9. The van der Waals surface area contributed by atoms with E-state index in [-0.39, 0.29) is 5.56 Å². The SMILES string of the molecule is O=C(O)CC(O)C(O)c1cc(Br)c[nH]c1=O. The molecule has 88 valence electrons. The molecule has 7 heteroatoms. The number of nitrogens with one attached hydrogen (secondary N) is 1. The summed E-state index contributed by atoms with van der Waals surface area (Å²) < 4.78 is 0.517. The van der Waals surface area contributed by atoms with E-state index in [1.807, 2.05) is 0 Å². The van der Waals surface area contributed by atoms with Gasteiger partial charge in [-0.3, -0.25) is 9.59 Å². The summed E-state index contributed by atoms with van der Waals surface area (Å²) in [6.45, 7) is 0. The number of H-pyrrole nitrogens is 1. The molecule has 0 spiro atoms. The summed E-state index contributed by atoms with van der Waals surface area (Å²) >= 11 is 3.09. The molecule has 2 atom stereocenters. The average Bonchev–Trinajstić information content (AvgIpc) is 2.19. The molecule has 0 aromatic carbocycles. The van der Waals surface area contributed by atoms with Gasteiger partial charge < -0.3 is 20.3 Å². The second-order valence-corrected chi connectivity index (χ2v) is 4.13. The highest BCUT2D eigenvalue weighted by atomic mass is 79.9. The predicted molar refractivity (Wildman–Crippen MR) is 58.0 cm³/mol. The van der Waals surface area contributed by atoms with Crippen molar-refractivity contribution in [1.29, 1.82) is 0 Å². The van der Waals surface area contributed by atoms with E-state index >= 15 is 0 Å². The molecule has 6 nitrogen and oxygen atoms in total. The molecule has 0 amide bonds. The maximum absolute atomic E-state index is 11.3. The molecule has 0 aliphatic carbocycles. The lowest BCUT2D eigenvalue weighted by molar-refractivity contribution is -0.141. The van der Waals surface area contributed by atoms with Gasteiger partial charge in [-0.05, 0) is 22.0 Å². The molecule has 1 heterocycles. The van der Waals surface area contributed by atoms with Gasteiger partial charge in [-0.2, -0.15) is 0 Å². The Morgan fingerprint density at radius 1 is 1.50 bits per heavy atom. The van der Waals surface area contributed by atoms with Crippen LogP contribution in [0.2, 0.25) is 0 Å². The predicted octanol–water partition coefficient (Wildman–Crippen LogP) is 0.00640. The zero-order chi connectivity index (χ0) is 12.3. The van der Waals surface area contributed by atoms with E-state index in [9.17, 15) is 19.8 Å². The molecule has 1 rings (SSSR count). The fraction of sp³-hybridized carbons (Fsp3) is 0.333. The summed E-state index contributed by atoms with van der Waals surface area (Å²) in [5, 5.41) is 27.4. The third-order valence-corrected chi connectivity index (χ3v) is 2.42. The quantitative estimate of drug-likeness (QED) is 0.624. The maximum atomic E-state index is 11.3. The van der Waals surface area contributed by atoms with E-state index in [0.29, 0.717) is 4.47 Å². The molecular weight excluding hydrogens is 282 g/mol. The molecule has 4 N–H and O–H groups in total. The van der Waals surface area contributed by atoms with Crippen LogP contribution in [0, 0.1) is 0 Å². The highest BCUT2D eigenvalue weighted by molar-refractivity contribution is 9.10. The van der Waals surface area contributed by atoms with Crippen LogP contribution in [-0.2, 0) is 4.79 Å². The van der Waals surface area contributed by atoms with Crippen molar-refractivity contribution in [3.05, 3.63) is 32.7 Å². The van der Waals surface area contributed by atoms with Crippen LogP contribution < -0.4 is 5.56 Å². The first-order valence-electron chi connectivity index (χ1n) is 4.38. The molecule has 1 aromatic rings. The number of hydrogen-bond donors (Lipinski definition) is 4. The molecule has 0 aliphatic rings. The fourth-order valence-corrected chi connectivity index (χ4v) is 1.55. The van der Waals surface area contributed by atoms with Crippen LogP contribution in [0.1, 0.15) is 18.1 Å². The third kappa shape index (κ3) is 3.16. The average molecular weight is 292 g/mol. The van der Waals surface area contributed by atoms with E-state index in [1.165, 1.54) is 12.3 Å². The number of aliphatic hydroxyl groups is 2. The highest BCUT2D eigenvalue weighted by Crippen LogP contribution is 2.18. The van der Waals surface area contributed by atoms with Crippen LogP contribution >= 0.6 is 15.9 Å². The van der Waals surface area contributed by atoms with E-state index in [0.717, 1.165) is 0 Å². The van der Waals surface area contributed by atoms with E-state index in [1.54, 1.807) is 0 Å². The molecule has 0 fully saturated rings. The van der Waals surface area contributed by atoms with Crippen molar-refractivity contribution in [2.24, 2.45) is 0 Å². The zero-order valence-electron chi connectivity index (χ0n) is 8.05. The van der Waals surface area contributed by atoms with Gasteiger partial charge in [0.1, 0.15) is 6.10 Å². The van der Waals surface area contributed by atoms with Crippen molar-refractivity contribution in [1.82, 2.24) is 4.98 Å². The van der Waals surface area contributed by atoms with E-state index in [2.05, 4.69) is 20.9 Å². The second-order valence-electron chi connectivity index (χ2n) is 3.21. The minimum absolute atomic E-state index is 0.0804. The molecule has 1 aromatic heterocycles. The van der Waals surface area contributed by atoms with Crippen LogP contribution in [0.5, 0.6) is 0 Å². The van der Waals surface area contributed by atoms with Gasteiger partial charge in [-0.1, -0.05) is 0 Å². The van der Waals surface area contributed by atoms with Crippen molar-refractivity contribution < 1.29 is 20.1 Å². The van der Waals surface area contributed by atoms with Crippen molar-refractivity contribution in [2.45, 2.75) is 18.6 Å². The van der Waals surface area contributed by atoms with Gasteiger partial charge in [0.25, 0.3) is 5.56 Å². The Morgan fingerprint density at radius 2 is 2.12 bits per heavy atom. The van der Waals surface area contributed by atoms with Gasteiger partial charge in [0.2, 0.25) is 0 Å². The standard InChI is InChI=1S/C9H10BrNO5/c10-4-1-5(9(16)11-3-4)8(15)6(12)2-7(13)14/h1,3,6,8,12,15H,2H2,(H,11,16)(H,13,14). The van der Waals surface area contributed by atoms with E-state index < -0.39 is 30.2 Å². The number of carboxylic acid groups (broad SMARTS) is 1. The molecule has 0 saturated heterocycles. The summed E-state index contributed by atoms with van der Waals surface area (Å²) in [5.74, 6) is -1.25. The topological polar surface area (TPSA) is 111 Å². The largest absolute Gasteiger partial charge is 0.481 e. The van der Waals surface area contributed by atoms with Gasteiger partial charge in [-0.25, -0.2) is 0 Å². The number of aromatic nitrogens is 1. The Balaban J connectivity index is 2.95. The van der Waals surface area contributed by atoms with Crippen molar-refractivity contribution in [3.8, 4) is 0 Å². The van der Waals surface area contributed by atoms with Crippen molar-refractivity contribution >= 4 is 21.9 Å². The van der Waals surface area contributed by atoms with Crippen LogP contribution in [0.15, 0.2) is 21.5 Å². The Hall–Kier alpha value is -1.18. The molecule has 0 aliphatic heterocycles. The maximum Gasteiger partial charge on any atom is 0.306 e. The smallest absolute Gasteiger partial charge is 0.306 e. The molecule has 0 bridgehead atoms. The van der Waals surface area contributed by atoms with Gasteiger partial charge >= 0.3 is 5.97 Å². The highest BCUT2D eigenvalue weighted by Gasteiger charge is 2.23. The van der Waals surface area contributed by atoms with Gasteiger partial charge in [-0.15, -0.1) is 0 Å². The number of hydrogen-bond acceptors (Lipinski definition) is 4. The number of carbonyl (C=O) groups is 1. The number of pyridine rings is 1. The number of carboxylic acids is 1. The van der Waals surface area contributed by atoms with Crippen LogP contribution in [0.25, 0.3) is 0 Å². The summed E-state index contributed by atoms with van der Waals surface area (Å²) in [4.78, 5) is 24.0. The van der Waals surface area contributed by atoms with Gasteiger partial charge in [0, 0.05) is 16.2 Å². The molecule has 0 saturated carbocycles. The summed E-state index contributed by atoms with van der Waals surface area (Å²) in [6.07, 6.45) is -2.31. The number of halogens is 1. The van der Waals surface area contributed by atoms with Crippen LogP contribution in [-0.4, -0.2) is 32.4 Å². The molecule has 16 heavy (non-hydrogen) atoms. The number of aliphatic hydroxyl groups excluding tert-OH is 2. The first-order valence-corrected chi connectivity index (χ1v) is 5.17. The first-order chi connectivity index (χ1) is 7.41. The Labute approximate surface area is 98.7 Å². The molecule has 2 unspecified atom stereocenters. The number of rotatable bonds is 4. The minimum atomic E-state index is -1.53. The van der Waals surface area contributed by atoms with Gasteiger partial charge in [0.05, 0.1) is 12.5 Å². The number of aliphatic carboxylic acids is 1. The normalized spacial score (nSPS) is 14.4. The Morgan fingerprint density at radius 3 is 2.69 bits per heavy atom. The van der Waals surface area contributed by atoms with Gasteiger partial charge in [0.15, 0.2) is 0 Å². The zero-order valence-corrected chi connectivity index (χ0v) is 9.64. The van der Waals surface area contributed by atoms with Crippen LogP contribution in [0.4, 0.5) is 0 Å². The summed E-state index contributed by atoms with van der Waals surface area (Å²) in [5.41, 5.74) is -0.650. The van der Waals surface area contributed by atoms with Crippen molar-refractivity contribution in [3.63, 3.8) is 0 Å². The molecule has 0 radical (unpaired) electrons. The van der Waals surface area contributed by atoms with Crippen molar-refractivity contribution in [2.75, 3.05) is 0 Å². The molecular formula is C9H10BrNO5. The lowest BCUT2D eigenvalue weighted by atomic mass is 10.0. The summed E-state index contributed by atoms with van der Waals surface area (Å²) in [6, 6.07) is 1.33. The Kier molecular flexibility index (Phi) is 4.22. The van der Waals surface area contributed by atoms with E-state index in [4.69, 9.17) is 5.11 Å². The lowest BCUT2D eigenvalue weighted by Crippen LogP contribution is -2.27. The Bertz CT molecular complexity index is 444. The lowest BCUT2D eigenvalue weighted by Gasteiger charge is -2.15. The number of aromatic amines is 1. The third-order valence-electron chi connectivity index (χ3n) is 1.96. The summed E-state index contributed by atoms with van der Waals surface area (Å²) in [7, 11) is 0. The monoisotopic (exact) mass is 291 g/mol.